The van der Waals surface area contributed by atoms with Crippen molar-refractivity contribution in [2.75, 3.05) is 0 Å². The molecule has 0 spiro atoms. The molecule has 0 bridgehead atoms. The first kappa shape index (κ1) is 8.21. The first-order valence-electron chi connectivity index (χ1n) is 3.48. The third-order valence-corrected chi connectivity index (χ3v) is 1.55. The van der Waals surface area contributed by atoms with Crippen molar-refractivity contribution >= 4 is 0 Å². The fourth-order valence-corrected chi connectivity index (χ4v) is 0.858. The van der Waals surface area contributed by atoms with Gasteiger partial charge in [0, 0.05) is 0 Å². The topological polar surface area (TPSA) is 20.2 Å². The van der Waals surface area contributed by atoms with E-state index in [2.05, 4.69) is 0 Å². The van der Waals surface area contributed by atoms with Crippen LogP contribution in [0.15, 0.2) is 24.3 Å². The van der Waals surface area contributed by atoms with Crippen LogP contribution >= 0.6 is 0 Å². The van der Waals surface area contributed by atoms with E-state index in [9.17, 15) is 9.50 Å². The molecule has 1 nitrogen and oxygen atoms in total. The maximum Gasteiger partial charge on any atom is 0.123 e. The lowest BCUT2D eigenvalue weighted by Gasteiger charge is -2.16. The van der Waals surface area contributed by atoms with Crippen LogP contribution in [0.4, 0.5) is 4.39 Å². The monoisotopic (exact) mass is 154 g/mol. The van der Waals surface area contributed by atoms with Crippen LogP contribution in [-0.2, 0) is 5.60 Å². The van der Waals surface area contributed by atoms with E-state index >= 15 is 0 Å². The van der Waals surface area contributed by atoms with E-state index in [1.54, 1.807) is 26.0 Å². The molecule has 0 saturated carbocycles. The van der Waals surface area contributed by atoms with E-state index in [1.165, 1.54) is 12.1 Å². The lowest BCUT2D eigenvalue weighted by molar-refractivity contribution is 0.0785. The lowest BCUT2D eigenvalue weighted by atomic mass is 9.99. The van der Waals surface area contributed by atoms with E-state index < -0.39 is 5.60 Å². The van der Waals surface area contributed by atoms with E-state index in [4.69, 9.17) is 0 Å². The number of hydrogen-bond acceptors (Lipinski definition) is 1. The minimum Gasteiger partial charge on any atom is -0.386 e. The first-order valence-corrected chi connectivity index (χ1v) is 3.48. The highest BCUT2D eigenvalue weighted by molar-refractivity contribution is 5.21. The maximum atomic E-state index is 12.4. The van der Waals surface area contributed by atoms with Gasteiger partial charge in [-0.05, 0) is 31.5 Å². The molecule has 1 aromatic rings. The number of hydrogen-bond donors (Lipinski definition) is 1. The van der Waals surface area contributed by atoms with Gasteiger partial charge in [0.2, 0.25) is 0 Å². The van der Waals surface area contributed by atoms with Gasteiger partial charge < -0.3 is 5.11 Å². The normalized spacial score (nSPS) is 11.6. The highest BCUT2D eigenvalue weighted by atomic mass is 19.1. The van der Waals surface area contributed by atoms with Crippen LogP contribution in [0.25, 0.3) is 0 Å². The molecule has 11 heavy (non-hydrogen) atoms. The second-order valence-corrected chi connectivity index (χ2v) is 3.07. The SMILES string of the molecule is CC(C)(O)c1ccc(F)cc1. The Labute approximate surface area is 65.5 Å². The Bertz CT molecular complexity index is 233. The van der Waals surface area contributed by atoms with Gasteiger partial charge in [0.05, 0.1) is 5.60 Å². The molecule has 60 valence electrons. The molecule has 1 N–H and O–H groups in total. The van der Waals surface area contributed by atoms with Gasteiger partial charge in [-0.25, -0.2) is 4.39 Å². The summed E-state index contributed by atoms with van der Waals surface area (Å²) in [6, 6.07) is 5.84. The quantitative estimate of drug-likeness (QED) is 0.656. The average Bonchev–Trinajstić information content (AvgIpc) is 1.86. The Morgan fingerprint density at radius 2 is 1.64 bits per heavy atom. The zero-order chi connectivity index (χ0) is 8.48. The Morgan fingerprint density at radius 1 is 1.18 bits per heavy atom. The molecule has 0 unspecified atom stereocenters. The van der Waals surface area contributed by atoms with E-state index in [0.29, 0.717) is 0 Å². The largest absolute Gasteiger partial charge is 0.386 e. The Hall–Kier alpha value is -0.890. The van der Waals surface area contributed by atoms with Crippen molar-refractivity contribution < 1.29 is 9.50 Å². The molecule has 1 rings (SSSR count). The minimum atomic E-state index is -0.881. The molecule has 0 saturated heterocycles. The summed E-state index contributed by atoms with van der Waals surface area (Å²) < 4.78 is 12.4. The van der Waals surface area contributed by atoms with Gasteiger partial charge in [-0.1, -0.05) is 12.1 Å². The lowest BCUT2D eigenvalue weighted by Crippen LogP contribution is -2.14. The Balaban J connectivity index is 2.99. The summed E-state index contributed by atoms with van der Waals surface area (Å²) in [5.74, 6) is -0.280. The smallest absolute Gasteiger partial charge is 0.123 e. The molecule has 0 aliphatic rings. The van der Waals surface area contributed by atoms with Crippen molar-refractivity contribution in [1.82, 2.24) is 0 Å². The predicted octanol–water partition coefficient (Wildman–Crippen LogP) is 2.05. The summed E-state index contributed by atoms with van der Waals surface area (Å²) in [5, 5.41) is 9.46. The summed E-state index contributed by atoms with van der Waals surface area (Å²) in [6.45, 7) is 3.33. The van der Waals surface area contributed by atoms with Crippen molar-refractivity contribution in [2.24, 2.45) is 0 Å². The highest BCUT2D eigenvalue weighted by Gasteiger charge is 2.14. The molecule has 1 aromatic carbocycles. The van der Waals surface area contributed by atoms with Gasteiger partial charge >= 0.3 is 0 Å². The number of rotatable bonds is 1. The van der Waals surface area contributed by atoms with E-state index in [-0.39, 0.29) is 5.82 Å². The van der Waals surface area contributed by atoms with Crippen LogP contribution in [0.2, 0.25) is 0 Å². The molecular weight excluding hydrogens is 143 g/mol. The van der Waals surface area contributed by atoms with Crippen LogP contribution < -0.4 is 0 Å². The molecular formula is C9H11FO. The van der Waals surface area contributed by atoms with Crippen molar-refractivity contribution in [2.45, 2.75) is 19.4 Å². The van der Waals surface area contributed by atoms with Crippen molar-refractivity contribution in [3.05, 3.63) is 35.6 Å². The minimum absolute atomic E-state index is 0.280. The Morgan fingerprint density at radius 3 is 2.00 bits per heavy atom. The highest BCUT2D eigenvalue weighted by Crippen LogP contribution is 2.18. The molecule has 0 fully saturated rings. The van der Waals surface area contributed by atoms with Crippen LogP contribution in [0.3, 0.4) is 0 Å². The summed E-state index contributed by atoms with van der Waals surface area (Å²) in [6.07, 6.45) is 0. The van der Waals surface area contributed by atoms with Crippen molar-refractivity contribution in [3.8, 4) is 0 Å². The standard InChI is InChI=1S/C9H11FO/c1-9(2,11)7-3-5-8(10)6-4-7/h3-6,11H,1-2H3. The molecule has 0 aliphatic heterocycles. The van der Waals surface area contributed by atoms with Crippen LogP contribution in [0.1, 0.15) is 19.4 Å². The first-order chi connectivity index (χ1) is 5.00. The fourth-order valence-electron chi connectivity index (χ4n) is 0.858. The third-order valence-electron chi connectivity index (χ3n) is 1.55. The molecule has 0 amide bonds. The van der Waals surface area contributed by atoms with Gasteiger partial charge in [0.15, 0.2) is 0 Å². The van der Waals surface area contributed by atoms with Gasteiger partial charge in [-0.15, -0.1) is 0 Å². The van der Waals surface area contributed by atoms with Crippen molar-refractivity contribution in [1.29, 1.82) is 0 Å². The fraction of sp³-hybridized carbons (Fsp3) is 0.333. The van der Waals surface area contributed by atoms with E-state index in [1.807, 2.05) is 0 Å². The Kier molecular flexibility index (Phi) is 1.96. The summed E-state index contributed by atoms with van der Waals surface area (Å²) >= 11 is 0. The van der Waals surface area contributed by atoms with Gasteiger partial charge in [0.1, 0.15) is 5.82 Å². The van der Waals surface area contributed by atoms with Gasteiger partial charge in [0.25, 0.3) is 0 Å². The van der Waals surface area contributed by atoms with Crippen LogP contribution in [0.5, 0.6) is 0 Å². The number of aliphatic hydroxyl groups is 1. The molecule has 0 radical (unpaired) electrons. The maximum absolute atomic E-state index is 12.4. The number of halogens is 1. The molecule has 0 atom stereocenters. The van der Waals surface area contributed by atoms with E-state index in [0.717, 1.165) is 5.56 Å². The van der Waals surface area contributed by atoms with Crippen LogP contribution in [-0.4, -0.2) is 5.11 Å². The molecule has 0 aromatic heterocycles. The summed E-state index contributed by atoms with van der Waals surface area (Å²) in [7, 11) is 0. The second-order valence-electron chi connectivity index (χ2n) is 3.07. The second kappa shape index (κ2) is 2.62. The average molecular weight is 154 g/mol. The molecule has 0 heterocycles. The summed E-state index contributed by atoms with van der Waals surface area (Å²) in [4.78, 5) is 0. The number of benzene rings is 1. The predicted molar refractivity (Wildman–Crippen MR) is 41.6 cm³/mol. The zero-order valence-corrected chi connectivity index (χ0v) is 6.63. The van der Waals surface area contributed by atoms with Gasteiger partial charge in [-0.3, -0.25) is 0 Å². The van der Waals surface area contributed by atoms with Crippen molar-refractivity contribution in [3.63, 3.8) is 0 Å². The summed E-state index contributed by atoms with van der Waals surface area (Å²) in [5.41, 5.74) is -0.160. The molecule has 0 aliphatic carbocycles. The zero-order valence-electron chi connectivity index (χ0n) is 6.63. The molecule has 2 heteroatoms. The van der Waals surface area contributed by atoms with Gasteiger partial charge in [-0.2, -0.15) is 0 Å². The van der Waals surface area contributed by atoms with Crippen LogP contribution in [0, 0.1) is 5.82 Å². The third kappa shape index (κ3) is 2.02.